The van der Waals surface area contributed by atoms with Crippen LogP contribution in [0.3, 0.4) is 0 Å². The van der Waals surface area contributed by atoms with Crippen molar-refractivity contribution >= 4 is 26.9 Å². The van der Waals surface area contributed by atoms with Crippen molar-refractivity contribution in [2.45, 2.75) is 12.8 Å². The Balaban J connectivity index is 1.57. The first-order chi connectivity index (χ1) is 17.3. The van der Waals surface area contributed by atoms with E-state index >= 15 is 0 Å². The first-order valence-corrected chi connectivity index (χ1v) is 14.7. The van der Waals surface area contributed by atoms with Crippen LogP contribution in [0, 0.1) is 0 Å². The Bertz CT molecular complexity index is 1080. The molecule has 0 aromatic heterocycles. The molecule has 0 spiro atoms. The van der Waals surface area contributed by atoms with Crippen LogP contribution in [0.2, 0.25) is 0 Å². The summed E-state index contributed by atoms with van der Waals surface area (Å²) in [7, 11) is 1.86. The van der Waals surface area contributed by atoms with E-state index in [1.807, 2.05) is 24.3 Å². The molecule has 0 bridgehead atoms. The van der Waals surface area contributed by atoms with E-state index in [-0.39, 0.29) is 0 Å². The van der Waals surface area contributed by atoms with Gasteiger partial charge in [-0.05, 0) is 36.1 Å². The van der Waals surface area contributed by atoms with Gasteiger partial charge in [-0.3, -0.25) is 0 Å². The molecule has 0 saturated heterocycles. The van der Waals surface area contributed by atoms with Gasteiger partial charge in [-0.2, -0.15) is 0 Å². The number of benzene rings is 4. The van der Waals surface area contributed by atoms with Gasteiger partial charge in [-0.1, -0.05) is 97.1 Å². The van der Waals surface area contributed by atoms with E-state index in [1.54, 1.807) is 14.2 Å². The lowest BCUT2D eigenvalue weighted by molar-refractivity contribution is 0.410. The molecule has 0 heterocycles. The molecule has 0 aliphatic rings. The zero-order valence-electron chi connectivity index (χ0n) is 20.3. The van der Waals surface area contributed by atoms with Gasteiger partial charge in [-0.15, -0.1) is 0 Å². The minimum absolute atomic E-state index is 0.810. The van der Waals surface area contributed by atoms with Crippen LogP contribution in [-0.2, 0) is 17.2 Å². The molecule has 0 saturated carbocycles. The number of hydrogen-bond donors (Lipinski definition) is 0. The van der Waals surface area contributed by atoms with Crippen molar-refractivity contribution in [2.24, 2.45) is 0 Å². The molecule has 4 aromatic carbocycles. The predicted molar refractivity (Wildman–Crippen MR) is 150 cm³/mol. The average molecular weight is 503 g/mol. The van der Waals surface area contributed by atoms with Crippen LogP contribution in [0.1, 0.15) is 11.1 Å². The zero-order chi connectivity index (χ0) is 24.3. The van der Waals surface area contributed by atoms with E-state index in [2.05, 4.69) is 84.9 Å². The van der Waals surface area contributed by atoms with Gasteiger partial charge in [0.15, 0.2) is 0 Å². The monoisotopic (exact) mass is 502 g/mol. The fraction of sp³-hybridized carbons (Fsp3) is 0.200. The maximum Gasteiger partial charge on any atom is 0.122 e. The number of methoxy groups -OCH3 is 2. The highest BCUT2D eigenvalue weighted by atomic mass is 31.2. The topological polar surface area (TPSA) is 27.7 Å². The van der Waals surface area contributed by atoms with Crippen LogP contribution in [0.25, 0.3) is 0 Å². The third-order valence-electron chi connectivity index (χ3n) is 5.84. The van der Waals surface area contributed by atoms with Gasteiger partial charge in [0.2, 0.25) is 0 Å². The molecule has 0 aliphatic carbocycles. The molecule has 180 valence electrons. The fourth-order valence-electron chi connectivity index (χ4n) is 4.00. The second-order valence-electron chi connectivity index (χ2n) is 8.08. The fourth-order valence-corrected chi connectivity index (χ4v) is 8.78. The molecule has 0 amide bonds. The molecular formula is C30H32O3P2. The summed E-state index contributed by atoms with van der Waals surface area (Å²) in [6.07, 6.45) is 3.71. The van der Waals surface area contributed by atoms with E-state index < -0.39 is 16.3 Å². The zero-order valence-corrected chi connectivity index (χ0v) is 22.1. The molecule has 4 rings (SSSR count). The van der Waals surface area contributed by atoms with Gasteiger partial charge >= 0.3 is 0 Å². The summed E-state index contributed by atoms with van der Waals surface area (Å²) in [6, 6.07) is 37.9. The summed E-state index contributed by atoms with van der Waals surface area (Å²) in [5, 5.41) is 2.55. The highest BCUT2D eigenvalue weighted by Gasteiger charge is 2.22. The molecule has 3 nitrogen and oxygen atoms in total. The quantitative estimate of drug-likeness (QED) is 0.196. The van der Waals surface area contributed by atoms with E-state index in [4.69, 9.17) is 13.8 Å². The molecule has 2 unspecified atom stereocenters. The first kappa shape index (κ1) is 25.4. The van der Waals surface area contributed by atoms with Crippen LogP contribution < -0.4 is 20.1 Å². The van der Waals surface area contributed by atoms with E-state index in [9.17, 15) is 0 Å². The Morgan fingerprint density at radius 2 is 0.857 bits per heavy atom. The van der Waals surface area contributed by atoms with Crippen LogP contribution in [0.4, 0.5) is 0 Å². The van der Waals surface area contributed by atoms with Crippen LogP contribution in [0.5, 0.6) is 11.5 Å². The van der Waals surface area contributed by atoms with Crippen molar-refractivity contribution in [3.63, 3.8) is 0 Å². The maximum absolute atomic E-state index is 7.06. The van der Waals surface area contributed by atoms with Crippen LogP contribution >= 0.6 is 16.3 Å². The summed E-state index contributed by atoms with van der Waals surface area (Å²) in [5.41, 5.74) is 2.44. The lowest BCUT2D eigenvalue weighted by atomic mass is 10.1. The summed E-state index contributed by atoms with van der Waals surface area (Å²) in [6.45, 7) is 0. The third kappa shape index (κ3) is 7.15. The maximum atomic E-state index is 7.06. The van der Waals surface area contributed by atoms with Gasteiger partial charge < -0.3 is 13.8 Å². The minimum Gasteiger partial charge on any atom is -0.496 e. The highest BCUT2D eigenvalue weighted by Crippen LogP contribution is 2.52. The lowest BCUT2D eigenvalue weighted by Gasteiger charge is -2.26. The van der Waals surface area contributed by atoms with Crippen LogP contribution in [0.15, 0.2) is 109 Å². The standard InChI is InChI=1S/C30H32O3P2/c1-31-29-19-11-9-13-25(29)21-23-34(27-15-5-3-6-16-27)33-35(28-17-7-4-8-18-28)24-22-26-14-10-12-20-30(26)32-2/h3-20H,21-24H2,1-2H3. The van der Waals surface area contributed by atoms with Crippen molar-refractivity contribution in [2.75, 3.05) is 26.5 Å². The summed E-state index contributed by atoms with van der Waals surface area (Å²) >= 11 is 0. The van der Waals surface area contributed by atoms with Gasteiger partial charge in [0.25, 0.3) is 0 Å². The molecule has 0 aliphatic heterocycles. The molecule has 0 radical (unpaired) electrons. The van der Waals surface area contributed by atoms with E-state index in [0.717, 1.165) is 36.7 Å². The molecule has 0 fully saturated rings. The van der Waals surface area contributed by atoms with Gasteiger partial charge in [0.05, 0.1) is 30.5 Å². The van der Waals surface area contributed by atoms with Crippen molar-refractivity contribution in [3.05, 3.63) is 120 Å². The number of rotatable bonds is 12. The lowest BCUT2D eigenvalue weighted by Crippen LogP contribution is -2.12. The van der Waals surface area contributed by atoms with Gasteiger partial charge in [-0.25, -0.2) is 0 Å². The van der Waals surface area contributed by atoms with Crippen molar-refractivity contribution in [1.82, 2.24) is 0 Å². The summed E-state index contributed by atoms with van der Waals surface area (Å²) in [4.78, 5) is 0. The van der Waals surface area contributed by atoms with Crippen molar-refractivity contribution < 1.29 is 13.8 Å². The summed E-state index contributed by atoms with van der Waals surface area (Å²) < 4.78 is 18.3. The Hall–Kier alpha value is -2.70. The third-order valence-corrected chi connectivity index (χ3v) is 10.4. The Labute approximate surface area is 211 Å². The van der Waals surface area contributed by atoms with Crippen LogP contribution in [-0.4, -0.2) is 26.5 Å². The number of hydrogen-bond acceptors (Lipinski definition) is 3. The molecule has 5 heteroatoms. The van der Waals surface area contributed by atoms with E-state index in [1.165, 1.54) is 21.7 Å². The van der Waals surface area contributed by atoms with Gasteiger partial charge in [0, 0.05) is 22.9 Å². The minimum atomic E-state index is -0.810. The molecular weight excluding hydrogens is 470 g/mol. The second-order valence-corrected chi connectivity index (χ2v) is 12.2. The Morgan fingerprint density at radius 3 is 1.26 bits per heavy atom. The smallest absolute Gasteiger partial charge is 0.122 e. The van der Waals surface area contributed by atoms with Gasteiger partial charge in [0.1, 0.15) is 11.5 Å². The molecule has 2 atom stereocenters. The molecule has 0 N–H and O–H groups in total. The number of aryl methyl sites for hydroxylation is 2. The van der Waals surface area contributed by atoms with E-state index in [0.29, 0.717) is 0 Å². The Morgan fingerprint density at radius 1 is 0.486 bits per heavy atom. The SMILES string of the molecule is COc1ccccc1CCP(OP(CCc1ccccc1OC)c1ccccc1)c1ccccc1. The number of ether oxygens (including phenoxy) is 2. The average Bonchev–Trinajstić information content (AvgIpc) is 2.94. The Kier molecular flexibility index (Phi) is 9.73. The molecule has 35 heavy (non-hydrogen) atoms. The number of para-hydroxylation sites is 2. The second kappa shape index (κ2) is 13.4. The van der Waals surface area contributed by atoms with Crippen molar-refractivity contribution in [3.8, 4) is 11.5 Å². The summed E-state index contributed by atoms with van der Waals surface area (Å²) in [5.74, 6) is 1.88. The van der Waals surface area contributed by atoms with Crippen molar-refractivity contribution in [1.29, 1.82) is 0 Å². The largest absolute Gasteiger partial charge is 0.496 e. The highest BCUT2D eigenvalue weighted by molar-refractivity contribution is 7.73. The predicted octanol–water partition coefficient (Wildman–Crippen LogP) is 6.95. The first-order valence-electron chi connectivity index (χ1n) is 11.9. The normalized spacial score (nSPS) is 12.6. The molecule has 4 aromatic rings.